The second-order valence-electron chi connectivity index (χ2n) is 6.53. The van der Waals surface area contributed by atoms with E-state index < -0.39 is 6.04 Å². The predicted octanol–water partition coefficient (Wildman–Crippen LogP) is 3.63. The Labute approximate surface area is 157 Å². The van der Waals surface area contributed by atoms with E-state index in [9.17, 15) is 9.59 Å². The molecule has 0 bridgehead atoms. The van der Waals surface area contributed by atoms with Crippen molar-refractivity contribution < 1.29 is 9.59 Å². The smallest absolute Gasteiger partial charge is 0.251 e. The number of aromatic nitrogens is 2. The average molecular weight is 360 g/mol. The molecule has 1 atom stereocenters. The third-order valence-corrected chi connectivity index (χ3v) is 4.74. The van der Waals surface area contributed by atoms with Gasteiger partial charge in [0, 0.05) is 11.3 Å². The van der Waals surface area contributed by atoms with E-state index >= 15 is 0 Å². The monoisotopic (exact) mass is 360 g/mol. The van der Waals surface area contributed by atoms with E-state index in [4.69, 9.17) is 0 Å². The minimum absolute atomic E-state index is 0.0320. The van der Waals surface area contributed by atoms with Crippen molar-refractivity contribution in [3.05, 3.63) is 66.4 Å². The Kier molecular flexibility index (Phi) is 4.46. The standard InChI is InChI=1S/C21H20N4O2/c1-2-14-8-10-16(11-9-14)23-19(26)12-18-21(27)24-20-17(13-22-25(18)20)15-6-4-3-5-7-15/h3-11,13,18H,2,12H2,1H3,(H,23,26)(H,24,27). The van der Waals surface area contributed by atoms with Crippen LogP contribution < -0.4 is 10.6 Å². The Morgan fingerprint density at radius 1 is 1.15 bits per heavy atom. The van der Waals surface area contributed by atoms with Crippen LogP contribution in [0.25, 0.3) is 11.1 Å². The van der Waals surface area contributed by atoms with Gasteiger partial charge < -0.3 is 10.6 Å². The number of carbonyl (C=O) groups is 2. The zero-order valence-corrected chi connectivity index (χ0v) is 15.0. The maximum Gasteiger partial charge on any atom is 0.251 e. The highest BCUT2D eigenvalue weighted by molar-refractivity contribution is 6.04. The van der Waals surface area contributed by atoms with Crippen LogP contribution in [0.4, 0.5) is 11.5 Å². The summed E-state index contributed by atoms with van der Waals surface area (Å²) in [5.74, 6) is 0.201. The molecule has 0 saturated carbocycles. The summed E-state index contributed by atoms with van der Waals surface area (Å²) in [5.41, 5.74) is 3.75. The summed E-state index contributed by atoms with van der Waals surface area (Å²) in [6.45, 7) is 2.08. The third kappa shape index (κ3) is 3.33. The minimum Gasteiger partial charge on any atom is -0.326 e. The van der Waals surface area contributed by atoms with Crippen LogP contribution in [0.1, 0.15) is 24.9 Å². The van der Waals surface area contributed by atoms with Gasteiger partial charge in [0.1, 0.15) is 11.9 Å². The molecule has 0 aliphatic carbocycles. The number of fused-ring (bicyclic) bond motifs is 1. The molecule has 6 heteroatoms. The van der Waals surface area contributed by atoms with Gasteiger partial charge >= 0.3 is 0 Å². The summed E-state index contributed by atoms with van der Waals surface area (Å²) in [6.07, 6.45) is 2.70. The Balaban J connectivity index is 1.50. The van der Waals surface area contributed by atoms with E-state index in [0.29, 0.717) is 5.82 Å². The normalized spacial score (nSPS) is 15.3. The van der Waals surface area contributed by atoms with Crippen LogP contribution in [0.3, 0.4) is 0 Å². The lowest BCUT2D eigenvalue weighted by molar-refractivity contribution is -0.123. The molecule has 1 aliphatic heterocycles. The first-order valence-corrected chi connectivity index (χ1v) is 8.98. The molecular formula is C21H20N4O2. The van der Waals surface area contributed by atoms with Crippen LogP contribution in [0.5, 0.6) is 0 Å². The van der Waals surface area contributed by atoms with Crippen LogP contribution in [0.2, 0.25) is 0 Å². The minimum atomic E-state index is -0.646. The summed E-state index contributed by atoms with van der Waals surface area (Å²) in [5, 5.41) is 10.1. The summed E-state index contributed by atoms with van der Waals surface area (Å²) >= 11 is 0. The fourth-order valence-electron chi connectivity index (χ4n) is 3.25. The Morgan fingerprint density at radius 3 is 2.59 bits per heavy atom. The van der Waals surface area contributed by atoms with Crippen molar-refractivity contribution in [2.75, 3.05) is 10.6 Å². The second-order valence-corrected chi connectivity index (χ2v) is 6.53. The lowest BCUT2D eigenvalue weighted by Crippen LogP contribution is -2.23. The quantitative estimate of drug-likeness (QED) is 0.729. The molecule has 6 nitrogen and oxygen atoms in total. The van der Waals surface area contributed by atoms with Crippen LogP contribution in [-0.4, -0.2) is 21.6 Å². The first kappa shape index (κ1) is 17.0. The van der Waals surface area contributed by atoms with E-state index in [1.807, 2.05) is 54.6 Å². The number of rotatable bonds is 5. The van der Waals surface area contributed by atoms with Crippen LogP contribution >= 0.6 is 0 Å². The van der Waals surface area contributed by atoms with E-state index in [0.717, 1.165) is 23.2 Å². The molecule has 0 radical (unpaired) electrons. The van der Waals surface area contributed by atoms with Crippen molar-refractivity contribution in [1.82, 2.24) is 9.78 Å². The molecule has 1 aliphatic rings. The van der Waals surface area contributed by atoms with Gasteiger partial charge in [-0.15, -0.1) is 0 Å². The number of hydrogen-bond donors (Lipinski definition) is 2. The fourth-order valence-corrected chi connectivity index (χ4v) is 3.25. The summed E-state index contributed by atoms with van der Waals surface area (Å²) in [7, 11) is 0. The first-order chi connectivity index (χ1) is 13.2. The summed E-state index contributed by atoms with van der Waals surface area (Å²) < 4.78 is 1.60. The number of nitrogens with zero attached hydrogens (tertiary/aromatic N) is 2. The van der Waals surface area contributed by atoms with Crippen LogP contribution in [-0.2, 0) is 16.0 Å². The molecule has 1 unspecified atom stereocenters. The maximum absolute atomic E-state index is 12.4. The number of carbonyl (C=O) groups excluding carboxylic acids is 2. The Hall–Kier alpha value is -3.41. The van der Waals surface area contributed by atoms with E-state index in [1.165, 1.54) is 5.56 Å². The van der Waals surface area contributed by atoms with Gasteiger partial charge in [-0.1, -0.05) is 49.4 Å². The summed E-state index contributed by atoms with van der Waals surface area (Å²) in [6, 6.07) is 16.8. The lowest BCUT2D eigenvalue weighted by Gasteiger charge is -2.10. The molecule has 2 N–H and O–H groups in total. The molecular weight excluding hydrogens is 340 g/mol. The van der Waals surface area contributed by atoms with E-state index in [1.54, 1.807) is 10.9 Å². The first-order valence-electron chi connectivity index (χ1n) is 8.98. The number of hydrogen-bond acceptors (Lipinski definition) is 3. The average Bonchev–Trinajstić information content (AvgIpc) is 3.23. The van der Waals surface area contributed by atoms with Crippen molar-refractivity contribution in [1.29, 1.82) is 0 Å². The van der Waals surface area contributed by atoms with Gasteiger partial charge in [0.2, 0.25) is 5.91 Å². The molecule has 0 saturated heterocycles. The van der Waals surface area contributed by atoms with E-state index in [-0.39, 0.29) is 18.2 Å². The third-order valence-electron chi connectivity index (χ3n) is 4.74. The summed E-state index contributed by atoms with van der Waals surface area (Å²) in [4.78, 5) is 24.8. The number of aryl methyl sites for hydroxylation is 1. The SMILES string of the molecule is CCc1ccc(NC(=O)CC2C(=O)Nc3c(-c4ccccc4)cnn32)cc1. The number of amides is 2. The van der Waals surface area contributed by atoms with Gasteiger partial charge in [0.25, 0.3) is 5.91 Å². The molecule has 4 rings (SSSR count). The molecule has 27 heavy (non-hydrogen) atoms. The Bertz CT molecular complexity index is 977. The Morgan fingerprint density at radius 2 is 1.89 bits per heavy atom. The van der Waals surface area contributed by atoms with Crippen molar-refractivity contribution in [2.45, 2.75) is 25.8 Å². The highest BCUT2D eigenvalue weighted by atomic mass is 16.2. The predicted molar refractivity (Wildman–Crippen MR) is 104 cm³/mol. The molecule has 2 heterocycles. The van der Waals surface area contributed by atoms with Gasteiger partial charge in [-0.05, 0) is 29.7 Å². The fraction of sp³-hybridized carbons (Fsp3) is 0.190. The molecule has 1 aromatic heterocycles. The van der Waals surface area contributed by atoms with Crippen LogP contribution in [0.15, 0.2) is 60.8 Å². The van der Waals surface area contributed by atoms with Gasteiger partial charge in [-0.25, -0.2) is 4.68 Å². The van der Waals surface area contributed by atoms with Gasteiger partial charge in [0.15, 0.2) is 0 Å². The van der Waals surface area contributed by atoms with Gasteiger partial charge in [-0.2, -0.15) is 5.10 Å². The lowest BCUT2D eigenvalue weighted by atomic mass is 10.1. The molecule has 3 aromatic rings. The topological polar surface area (TPSA) is 76.0 Å². The molecule has 0 fully saturated rings. The maximum atomic E-state index is 12.4. The van der Waals surface area contributed by atoms with Crippen molar-refractivity contribution in [3.63, 3.8) is 0 Å². The highest BCUT2D eigenvalue weighted by Gasteiger charge is 2.35. The van der Waals surface area contributed by atoms with Gasteiger partial charge in [0.05, 0.1) is 12.6 Å². The van der Waals surface area contributed by atoms with Crippen molar-refractivity contribution in [2.24, 2.45) is 0 Å². The molecule has 136 valence electrons. The number of benzene rings is 2. The van der Waals surface area contributed by atoms with Crippen molar-refractivity contribution >= 4 is 23.3 Å². The van der Waals surface area contributed by atoms with Gasteiger partial charge in [-0.3, -0.25) is 9.59 Å². The van der Waals surface area contributed by atoms with Crippen molar-refractivity contribution in [3.8, 4) is 11.1 Å². The second kappa shape index (κ2) is 7.07. The molecule has 2 amide bonds. The largest absolute Gasteiger partial charge is 0.326 e. The zero-order chi connectivity index (χ0) is 18.8. The number of anilines is 2. The zero-order valence-electron chi connectivity index (χ0n) is 15.0. The number of nitrogens with one attached hydrogen (secondary N) is 2. The molecule has 0 spiro atoms. The van der Waals surface area contributed by atoms with E-state index in [2.05, 4.69) is 22.7 Å². The van der Waals surface area contributed by atoms with Crippen LogP contribution in [0, 0.1) is 0 Å². The molecule has 2 aromatic carbocycles. The highest BCUT2D eigenvalue weighted by Crippen LogP contribution is 2.35.